The molecule has 0 bridgehead atoms. The van der Waals surface area contributed by atoms with Crippen LogP contribution in [0, 0.1) is 5.41 Å². The molecule has 82 valence electrons. The van der Waals surface area contributed by atoms with Crippen molar-refractivity contribution in [3.63, 3.8) is 0 Å². The van der Waals surface area contributed by atoms with Crippen molar-refractivity contribution in [2.45, 2.75) is 32.4 Å². The fourth-order valence-electron chi connectivity index (χ4n) is 1.78. The van der Waals surface area contributed by atoms with Crippen molar-refractivity contribution >= 4 is 18.0 Å². The molecule has 0 aromatic carbocycles. The lowest BCUT2D eigenvalue weighted by molar-refractivity contribution is -0.116. The van der Waals surface area contributed by atoms with Crippen LogP contribution in [0.3, 0.4) is 0 Å². The molecule has 1 fully saturated rings. The first-order chi connectivity index (χ1) is 6.59. The fourth-order valence-corrected chi connectivity index (χ4v) is 2.86. The van der Waals surface area contributed by atoms with E-state index in [4.69, 9.17) is 0 Å². The summed E-state index contributed by atoms with van der Waals surface area (Å²) in [5.74, 6) is 1.21. The zero-order chi connectivity index (χ0) is 10.6. The van der Waals surface area contributed by atoms with Crippen LogP contribution in [-0.4, -0.2) is 41.8 Å². The van der Waals surface area contributed by atoms with Gasteiger partial charge < -0.3 is 9.69 Å². The van der Waals surface area contributed by atoms with Gasteiger partial charge in [0, 0.05) is 36.1 Å². The van der Waals surface area contributed by atoms with E-state index in [2.05, 4.69) is 25.7 Å². The molecule has 2 atom stereocenters. The van der Waals surface area contributed by atoms with Crippen LogP contribution in [-0.2, 0) is 4.79 Å². The number of hydrogen-bond acceptors (Lipinski definition) is 3. The minimum atomic E-state index is -0.137. The standard InChI is InChI=1S/C11H21NOS/c1-4-11(3,9-13)8-12-5-6-14-10(2)7-12/h9-10H,4-8H2,1-3H3. The lowest BCUT2D eigenvalue weighted by Gasteiger charge is -2.35. The lowest BCUT2D eigenvalue weighted by Crippen LogP contribution is -2.43. The second kappa shape index (κ2) is 5.17. The van der Waals surface area contributed by atoms with Crippen LogP contribution in [0.4, 0.5) is 0 Å². The number of carbonyl (C=O) groups excluding carboxylic acids is 1. The summed E-state index contributed by atoms with van der Waals surface area (Å²) in [6, 6.07) is 0. The van der Waals surface area contributed by atoms with Crippen LogP contribution < -0.4 is 0 Å². The molecule has 0 N–H and O–H groups in total. The maximum atomic E-state index is 11.0. The Morgan fingerprint density at radius 2 is 2.36 bits per heavy atom. The SMILES string of the molecule is CCC(C)(C=O)CN1CCSC(C)C1. The maximum absolute atomic E-state index is 11.0. The third-order valence-electron chi connectivity index (χ3n) is 3.00. The highest BCUT2D eigenvalue weighted by Gasteiger charge is 2.27. The molecular formula is C11H21NOS. The lowest BCUT2D eigenvalue weighted by atomic mass is 9.89. The molecule has 3 heteroatoms. The molecule has 0 aromatic heterocycles. The number of carbonyl (C=O) groups is 1. The van der Waals surface area contributed by atoms with Crippen molar-refractivity contribution in [3.05, 3.63) is 0 Å². The first kappa shape index (κ1) is 12.1. The summed E-state index contributed by atoms with van der Waals surface area (Å²) in [5.41, 5.74) is -0.137. The van der Waals surface area contributed by atoms with Crippen molar-refractivity contribution in [3.8, 4) is 0 Å². The zero-order valence-corrected chi connectivity index (χ0v) is 10.3. The van der Waals surface area contributed by atoms with Crippen molar-refractivity contribution in [2.24, 2.45) is 5.41 Å². The highest BCUT2D eigenvalue weighted by atomic mass is 32.2. The van der Waals surface area contributed by atoms with Crippen molar-refractivity contribution in [2.75, 3.05) is 25.4 Å². The fraction of sp³-hybridized carbons (Fsp3) is 0.909. The van der Waals surface area contributed by atoms with E-state index < -0.39 is 0 Å². The Balaban J connectivity index is 2.45. The van der Waals surface area contributed by atoms with Crippen LogP contribution in [0.2, 0.25) is 0 Å². The summed E-state index contributed by atoms with van der Waals surface area (Å²) in [6.07, 6.45) is 2.06. The Morgan fingerprint density at radius 3 is 2.86 bits per heavy atom. The van der Waals surface area contributed by atoms with Gasteiger partial charge in [-0.1, -0.05) is 20.8 Å². The van der Waals surface area contributed by atoms with Crippen LogP contribution in [0.1, 0.15) is 27.2 Å². The second-order valence-electron chi connectivity index (χ2n) is 4.54. The molecule has 0 aromatic rings. The number of aldehydes is 1. The topological polar surface area (TPSA) is 20.3 Å². The van der Waals surface area contributed by atoms with Gasteiger partial charge in [-0.15, -0.1) is 0 Å². The first-order valence-corrected chi connectivity index (χ1v) is 6.45. The van der Waals surface area contributed by atoms with Gasteiger partial charge in [0.2, 0.25) is 0 Å². The Hall–Kier alpha value is -0.0200. The van der Waals surface area contributed by atoms with Gasteiger partial charge in [-0.25, -0.2) is 0 Å². The molecule has 1 saturated heterocycles. The molecule has 1 aliphatic heterocycles. The largest absolute Gasteiger partial charge is 0.303 e. The summed E-state index contributed by atoms with van der Waals surface area (Å²) >= 11 is 2.03. The maximum Gasteiger partial charge on any atom is 0.127 e. The first-order valence-electron chi connectivity index (χ1n) is 5.40. The second-order valence-corrected chi connectivity index (χ2v) is 6.09. The van der Waals surface area contributed by atoms with Gasteiger partial charge in [0.1, 0.15) is 6.29 Å². The van der Waals surface area contributed by atoms with Crippen molar-refractivity contribution < 1.29 is 4.79 Å². The molecule has 1 aliphatic rings. The normalized spacial score (nSPS) is 28.4. The van der Waals surface area contributed by atoms with Gasteiger partial charge >= 0.3 is 0 Å². The van der Waals surface area contributed by atoms with Crippen LogP contribution in [0.5, 0.6) is 0 Å². The Kier molecular flexibility index (Phi) is 4.45. The molecule has 2 unspecified atom stereocenters. The molecule has 0 amide bonds. The number of hydrogen-bond donors (Lipinski definition) is 0. The monoisotopic (exact) mass is 215 g/mol. The van der Waals surface area contributed by atoms with E-state index in [0.717, 1.165) is 37.6 Å². The molecule has 14 heavy (non-hydrogen) atoms. The molecule has 0 aliphatic carbocycles. The summed E-state index contributed by atoms with van der Waals surface area (Å²) < 4.78 is 0. The highest BCUT2D eigenvalue weighted by molar-refractivity contribution is 7.99. The van der Waals surface area contributed by atoms with Crippen molar-refractivity contribution in [1.29, 1.82) is 0 Å². The van der Waals surface area contributed by atoms with Gasteiger partial charge in [-0.2, -0.15) is 11.8 Å². The predicted octanol–water partition coefficient (Wildman–Crippen LogP) is 2.04. The number of nitrogens with zero attached hydrogens (tertiary/aromatic N) is 1. The Morgan fingerprint density at radius 1 is 1.64 bits per heavy atom. The molecular weight excluding hydrogens is 194 g/mol. The molecule has 1 heterocycles. The van der Waals surface area contributed by atoms with E-state index in [1.54, 1.807) is 0 Å². The average Bonchev–Trinajstić information content (AvgIpc) is 2.18. The third kappa shape index (κ3) is 3.28. The third-order valence-corrected chi connectivity index (χ3v) is 4.14. The Labute approximate surface area is 91.4 Å². The van der Waals surface area contributed by atoms with Crippen LogP contribution in [0.25, 0.3) is 0 Å². The van der Waals surface area contributed by atoms with Crippen LogP contribution in [0.15, 0.2) is 0 Å². The molecule has 0 radical (unpaired) electrons. The highest BCUT2D eigenvalue weighted by Crippen LogP contribution is 2.24. The van der Waals surface area contributed by atoms with E-state index in [1.807, 2.05) is 11.8 Å². The van der Waals surface area contributed by atoms with Gasteiger partial charge in [0.25, 0.3) is 0 Å². The minimum Gasteiger partial charge on any atom is -0.303 e. The van der Waals surface area contributed by atoms with Crippen molar-refractivity contribution in [1.82, 2.24) is 4.90 Å². The van der Waals surface area contributed by atoms with Gasteiger partial charge in [0.15, 0.2) is 0 Å². The van der Waals surface area contributed by atoms with E-state index in [1.165, 1.54) is 5.75 Å². The summed E-state index contributed by atoms with van der Waals surface area (Å²) in [6.45, 7) is 9.62. The molecule has 0 spiro atoms. The molecule has 1 rings (SSSR count). The molecule has 0 saturated carbocycles. The quantitative estimate of drug-likeness (QED) is 0.669. The summed E-state index contributed by atoms with van der Waals surface area (Å²) in [5, 5.41) is 0.719. The van der Waals surface area contributed by atoms with Gasteiger partial charge in [-0.3, -0.25) is 0 Å². The van der Waals surface area contributed by atoms with Crippen LogP contribution >= 0.6 is 11.8 Å². The van der Waals surface area contributed by atoms with Gasteiger partial charge in [-0.05, 0) is 6.42 Å². The average molecular weight is 215 g/mol. The molecule has 2 nitrogen and oxygen atoms in total. The number of rotatable bonds is 4. The summed E-state index contributed by atoms with van der Waals surface area (Å²) in [7, 11) is 0. The van der Waals surface area contributed by atoms with E-state index in [9.17, 15) is 4.79 Å². The van der Waals surface area contributed by atoms with E-state index >= 15 is 0 Å². The van der Waals surface area contributed by atoms with Gasteiger partial charge in [0.05, 0.1) is 0 Å². The van der Waals surface area contributed by atoms with E-state index in [0.29, 0.717) is 0 Å². The summed E-state index contributed by atoms with van der Waals surface area (Å²) in [4.78, 5) is 13.4. The predicted molar refractivity (Wildman–Crippen MR) is 62.8 cm³/mol. The van der Waals surface area contributed by atoms with E-state index in [-0.39, 0.29) is 5.41 Å². The number of thioether (sulfide) groups is 1. The Bertz CT molecular complexity index is 198. The minimum absolute atomic E-state index is 0.137. The zero-order valence-electron chi connectivity index (χ0n) is 9.45. The smallest absolute Gasteiger partial charge is 0.127 e.